The van der Waals surface area contributed by atoms with Crippen LogP contribution in [0.4, 0.5) is 4.39 Å². The number of hydrogen-bond acceptors (Lipinski definition) is 5. The molecule has 1 heterocycles. The summed E-state index contributed by atoms with van der Waals surface area (Å²) in [5, 5.41) is 4.93. The van der Waals surface area contributed by atoms with Gasteiger partial charge >= 0.3 is 5.97 Å². The Morgan fingerprint density at radius 1 is 1.41 bits per heavy atom. The molecule has 1 aliphatic rings. The average molecular weight is 330 g/mol. The molecule has 1 aromatic carbocycles. The maximum atomic E-state index is 13.6. The minimum Gasteiger partial charge on any atom is -0.460 e. The molecule has 2 N–H and O–H groups in total. The van der Waals surface area contributed by atoms with Gasteiger partial charge in [-0.3, -0.25) is 4.79 Å². The first-order valence-electron chi connectivity index (χ1n) is 6.56. The molecule has 0 atom stereocenters. The number of carbonyl (C=O) groups is 2. The Bertz CT molecular complexity index is 704. The van der Waals surface area contributed by atoms with E-state index in [1.165, 1.54) is 0 Å². The zero-order chi connectivity index (χ0) is 16.3. The number of esters is 1. The maximum absolute atomic E-state index is 13.6. The van der Waals surface area contributed by atoms with Crippen molar-refractivity contribution in [2.24, 2.45) is 5.14 Å². The minimum absolute atomic E-state index is 0.0153. The zero-order valence-electron chi connectivity index (χ0n) is 11.6. The first kappa shape index (κ1) is 16.4. The molecular formula is C13H15FN2O5S. The van der Waals surface area contributed by atoms with Gasteiger partial charge in [-0.05, 0) is 24.6 Å². The highest BCUT2D eigenvalue weighted by Crippen LogP contribution is 2.15. The predicted octanol–water partition coefficient (Wildman–Crippen LogP) is 0.252. The van der Waals surface area contributed by atoms with Crippen molar-refractivity contribution in [1.82, 2.24) is 4.90 Å². The summed E-state index contributed by atoms with van der Waals surface area (Å²) in [6, 6.07) is 2.62. The lowest BCUT2D eigenvalue weighted by molar-refractivity contribution is -0.128. The normalized spacial score (nSPS) is 15.2. The Morgan fingerprint density at radius 3 is 2.73 bits per heavy atom. The molecular weight excluding hydrogens is 315 g/mol. The number of nitrogens with zero attached hydrogens (tertiary/aromatic N) is 1. The summed E-state index contributed by atoms with van der Waals surface area (Å²) in [7, 11) is -4.04. The number of benzene rings is 1. The monoisotopic (exact) mass is 330 g/mol. The van der Waals surface area contributed by atoms with Crippen LogP contribution < -0.4 is 5.14 Å². The number of primary sulfonamides is 1. The minimum atomic E-state index is -4.04. The van der Waals surface area contributed by atoms with Gasteiger partial charge in [0.25, 0.3) is 0 Å². The van der Waals surface area contributed by atoms with Crippen molar-refractivity contribution in [3.63, 3.8) is 0 Å². The molecule has 1 aromatic rings. The standard InChI is InChI=1S/C13H15FN2O5S/c14-11-4-3-9(22(15,19)20)8-10(11)13(18)21-7-6-16-5-1-2-12(16)17/h3-4,8H,1-2,5-7H2,(H2,15,19,20). The number of likely N-dealkylation sites (tertiary alicyclic amines) is 1. The molecule has 9 heteroatoms. The van der Waals surface area contributed by atoms with Crippen molar-refractivity contribution in [1.29, 1.82) is 0 Å². The molecule has 1 aliphatic heterocycles. The highest BCUT2D eigenvalue weighted by atomic mass is 32.2. The molecule has 0 radical (unpaired) electrons. The topological polar surface area (TPSA) is 107 Å². The van der Waals surface area contributed by atoms with Crippen molar-refractivity contribution in [2.75, 3.05) is 19.7 Å². The largest absolute Gasteiger partial charge is 0.460 e. The molecule has 7 nitrogen and oxygen atoms in total. The van der Waals surface area contributed by atoms with E-state index in [9.17, 15) is 22.4 Å². The number of sulfonamides is 1. The third kappa shape index (κ3) is 3.80. The molecule has 1 fully saturated rings. The second-order valence-corrected chi connectivity index (χ2v) is 6.37. The Morgan fingerprint density at radius 2 is 2.14 bits per heavy atom. The van der Waals surface area contributed by atoms with E-state index in [-0.39, 0.29) is 24.0 Å². The van der Waals surface area contributed by atoms with E-state index >= 15 is 0 Å². The van der Waals surface area contributed by atoms with E-state index in [4.69, 9.17) is 9.88 Å². The molecule has 120 valence electrons. The van der Waals surface area contributed by atoms with Crippen LogP contribution in [0.15, 0.2) is 23.1 Å². The third-order valence-corrected chi connectivity index (χ3v) is 4.16. The Kier molecular flexibility index (Phi) is 4.77. The van der Waals surface area contributed by atoms with Crippen LogP contribution in [0.3, 0.4) is 0 Å². The molecule has 0 spiro atoms. The van der Waals surface area contributed by atoms with Gasteiger partial charge in [-0.2, -0.15) is 0 Å². The SMILES string of the molecule is NS(=O)(=O)c1ccc(F)c(C(=O)OCCN2CCCC2=O)c1. The lowest BCUT2D eigenvalue weighted by Crippen LogP contribution is -2.29. The van der Waals surface area contributed by atoms with Crippen LogP contribution in [0.1, 0.15) is 23.2 Å². The number of halogens is 1. The van der Waals surface area contributed by atoms with Crippen molar-refractivity contribution < 1.29 is 27.1 Å². The second kappa shape index (κ2) is 6.41. The Labute approximate surface area is 126 Å². The van der Waals surface area contributed by atoms with E-state index in [0.29, 0.717) is 13.0 Å². The van der Waals surface area contributed by atoms with Gasteiger partial charge in [0.1, 0.15) is 12.4 Å². The molecule has 0 aromatic heterocycles. The van der Waals surface area contributed by atoms with Gasteiger partial charge in [0.05, 0.1) is 17.0 Å². The fourth-order valence-corrected chi connectivity index (χ4v) is 2.64. The van der Waals surface area contributed by atoms with Gasteiger partial charge in [-0.25, -0.2) is 22.7 Å². The van der Waals surface area contributed by atoms with Crippen molar-refractivity contribution in [3.8, 4) is 0 Å². The average Bonchev–Trinajstić information content (AvgIpc) is 2.83. The Hall–Kier alpha value is -2.00. The van der Waals surface area contributed by atoms with Crippen molar-refractivity contribution >= 4 is 21.9 Å². The smallest absolute Gasteiger partial charge is 0.341 e. The molecule has 0 bridgehead atoms. The molecule has 0 aliphatic carbocycles. The third-order valence-electron chi connectivity index (χ3n) is 3.25. The second-order valence-electron chi connectivity index (χ2n) is 4.81. The van der Waals surface area contributed by atoms with Crippen LogP contribution in [0.25, 0.3) is 0 Å². The summed E-state index contributed by atoms with van der Waals surface area (Å²) < 4.78 is 40.9. The van der Waals surface area contributed by atoms with Crippen LogP contribution in [-0.2, 0) is 19.6 Å². The summed E-state index contributed by atoms with van der Waals surface area (Å²) >= 11 is 0. The van der Waals surface area contributed by atoms with Gasteiger partial charge < -0.3 is 9.64 Å². The highest BCUT2D eigenvalue weighted by Gasteiger charge is 2.21. The molecule has 22 heavy (non-hydrogen) atoms. The summed E-state index contributed by atoms with van der Waals surface area (Å²) in [5.74, 6) is -1.93. The zero-order valence-corrected chi connectivity index (χ0v) is 12.4. The first-order valence-corrected chi connectivity index (χ1v) is 8.11. The lowest BCUT2D eigenvalue weighted by atomic mass is 10.2. The summed E-state index contributed by atoms with van der Waals surface area (Å²) in [4.78, 5) is 24.3. The number of carbonyl (C=O) groups excluding carboxylic acids is 2. The molecule has 0 unspecified atom stereocenters. The number of hydrogen-bond donors (Lipinski definition) is 1. The van der Waals surface area contributed by atoms with E-state index in [0.717, 1.165) is 24.6 Å². The Balaban J connectivity index is 2.01. The maximum Gasteiger partial charge on any atom is 0.341 e. The van der Waals surface area contributed by atoms with E-state index < -0.39 is 27.4 Å². The van der Waals surface area contributed by atoms with Gasteiger partial charge in [0.2, 0.25) is 15.9 Å². The fourth-order valence-electron chi connectivity index (χ4n) is 2.10. The van der Waals surface area contributed by atoms with Gasteiger partial charge in [0, 0.05) is 13.0 Å². The van der Waals surface area contributed by atoms with E-state index in [2.05, 4.69) is 0 Å². The summed E-state index contributed by atoms with van der Waals surface area (Å²) in [6.07, 6.45) is 1.23. The van der Waals surface area contributed by atoms with Crippen molar-refractivity contribution in [3.05, 3.63) is 29.6 Å². The lowest BCUT2D eigenvalue weighted by Gasteiger charge is -2.15. The number of rotatable bonds is 5. The van der Waals surface area contributed by atoms with E-state index in [1.807, 2.05) is 0 Å². The molecule has 1 saturated heterocycles. The number of nitrogens with two attached hydrogens (primary N) is 1. The van der Waals surface area contributed by atoms with Crippen LogP contribution in [0.5, 0.6) is 0 Å². The van der Waals surface area contributed by atoms with Crippen molar-refractivity contribution in [2.45, 2.75) is 17.7 Å². The predicted molar refractivity (Wildman–Crippen MR) is 73.9 cm³/mol. The quantitative estimate of drug-likeness (QED) is 0.779. The number of ether oxygens (including phenoxy) is 1. The fraction of sp³-hybridized carbons (Fsp3) is 0.385. The molecule has 2 rings (SSSR count). The summed E-state index contributed by atoms with van der Waals surface area (Å²) in [6.45, 7) is 0.732. The van der Waals surface area contributed by atoms with E-state index in [1.54, 1.807) is 4.90 Å². The van der Waals surface area contributed by atoms with Crippen LogP contribution in [-0.4, -0.2) is 44.9 Å². The van der Waals surface area contributed by atoms with Crippen LogP contribution in [0.2, 0.25) is 0 Å². The van der Waals surface area contributed by atoms with Gasteiger partial charge in [0.15, 0.2) is 0 Å². The number of amides is 1. The van der Waals surface area contributed by atoms with Crippen LogP contribution in [0, 0.1) is 5.82 Å². The molecule has 0 saturated carbocycles. The van der Waals surface area contributed by atoms with Gasteiger partial charge in [-0.15, -0.1) is 0 Å². The van der Waals surface area contributed by atoms with Gasteiger partial charge in [-0.1, -0.05) is 0 Å². The first-order chi connectivity index (χ1) is 10.3. The van der Waals surface area contributed by atoms with Crippen LogP contribution >= 0.6 is 0 Å². The molecule has 1 amide bonds. The summed E-state index contributed by atoms with van der Waals surface area (Å²) in [5.41, 5.74) is -0.515. The highest BCUT2D eigenvalue weighted by molar-refractivity contribution is 7.89.